The molecule has 0 aliphatic heterocycles. The van der Waals surface area contributed by atoms with Gasteiger partial charge in [-0.15, -0.1) is 9.78 Å². The molecular formula is C13H16N4O5S2. The van der Waals surface area contributed by atoms with E-state index in [4.69, 9.17) is 21.7 Å². The van der Waals surface area contributed by atoms with E-state index in [2.05, 4.69) is 5.10 Å². The van der Waals surface area contributed by atoms with Crippen LogP contribution in [-0.4, -0.2) is 42.5 Å². The van der Waals surface area contributed by atoms with Gasteiger partial charge in [0.1, 0.15) is 10.6 Å². The standard InChI is InChI=1S/C13H16N4O5S2/c1-4-22-12-14-17(13(23)16(12)2)11(18)15-24(19,20)10-8-6-5-7-9(10)21-3/h5-8H,4H2,1-3H3,(H,15,18). The summed E-state index contributed by atoms with van der Waals surface area (Å²) in [4.78, 5) is 12.1. The molecule has 0 atom stereocenters. The summed E-state index contributed by atoms with van der Waals surface area (Å²) in [5.41, 5.74) is 0. The van der Waals surface area contributed by atoms with Crippen molar-refractivity contribution in [2.75, 3.05) is 13.7 Å². The number of benzene rings is 1. The van der Waals surface area contributed by atoms with Gasteiger partial charge in [0.05, 0.1) is 13.7 Å². The minimum Gasteiger partial charge on any atom is -0.495 e. The largest absolute Gasteiger partial charge is 0.495 e. The van der Waals surface area contributed by atoms with Crippen molar-refractivity contribution in [1.82, 2.24) is 19.1 Å². The molecule has 0 spiro atoms. The zero-order chi connectivity index (χ0) is 17.9. The van der Waals surface area contributed by atoms with E-state index in [-0.39, 0.29) is 21.4 Å². The van der Waals surface area contributed by atoms with Crippen molar-refractivity contribution in [2.24, 2.45) is 7.05 Å². The SMILES string of the molecule is CCOc1nn(C(=O)NS(=O)(=O)c2ccccc2OC)c(=S)n1C. The highest BCUT2D eigenvalue weighted by atomic mass is 32.2. The molecule has 130 valence electrons. The number of methoxy groups -OCH3 is 1. The van der Waals surface area contributed by atoms with Crippen molar-refractivity contribution >= 4 is 28.3 Å². The lowest BCUT2D eigenvalue weighted by Gasteiger charge is -2.09. The molecule has 1 amide bonds. The first kappa shape index (κ1) is 17.9. The molecule has 0 aliphatic rings. The number of para-hydroxylation sites is 1. The highest BCUT2D eigenvalue weighted by molar-refractivity contribution is 7.90. The smallest absolute Gasteiger partial charge is 0.358 e. The molecule has 0 saturated carbocycles. The highest BCUT2D eigenvalue weighted by Crippen LogP contribution is 2.22. The van der Waals surface area contributed by atoms with Gasteiger partial charge in [-0.3, -0.25) is 4.57 Å². The minimum absolute atomic E-state index is 0.00817. The van der Waals surface area contributed by atoms with E-state index in [1.165, 1.54) is 29.9 Å². The number of nitrogens with zero attached hydrogens (tertiary/aromatic N) is 3. The summed E-state index contributed by atoms with van der Waals surface area (Å²) < 4.78 is 39.0. The van der Waals surface area contributed by atoms with Gasteiger partial charge >= 0.3 is 12.0 Å². The van der Waals surface area contributed by atoms with Crippen LogP contribution in [0.4, 0.5) is 4.79 Å². The lowest BCUT2D eigenvalue weighted by molar-refractivity contribution is 0.242. The van der Waals surface area contributed by atoms with Crippen molar-refractivity contribution in [3.63, 3.8) is 0 Å². The summed E-state index contributed by atoms with van der Waals surface area (Å²) in [7, 11) is -1.28. The number of carbonyl (C=O) groups excluding carboxylic acids is 1. The Hall–Kier alpha value is -2.40. The zero-order valence-electron chi connectivity index (χ0n) is 13.2. The average Bonchev–Trinajstić information content (AvgIpc) is 2.83. The number of carbonyl (C=O) groups is 1. The van der Waals surface area contributed by atoms with E-state index in [0.29, 0.717) is 6.61 Å². The third-order valence-corrected chi connectivity index (χ3v) is 4.79. The zero-order valence-corrected chi connectivity index (χ0v) is 14.8. The third kappa shape index (κ3) is 3.41. The summed E-state index contributed by atoms with van der Waals surface area (Å²) >= 11 is 5.06. The van der Waals surface area contributed by atoms with Gasteiger partial charge in [-0.05, 0) is 31.3 Å². The fourth-order valence-corrected chi connectivity index (χ4v) is 3.16. The van der Waals surface area contributed by atoms with Gasteiger partial charge in [0.25, 0.3) is 10.0 Å². The Morgan fingerprint density at radius 1 is 1.38 bits per heavy atom. The Kier molecular flexibility index (Phi) is 5.24. The Balaban J connectivity index is 2.36. The number of rotatable bonds is 5. The van der Waals surface area contributed by atoms with E-state index in [9.17, 15) is 13.2 Å². The summed E-state index contributed by atoms with van der Waals surface area (Å²) in [5, 5.41) is 3.86. The van der Waals surface area contributed by atoms with Crippen LogP contribution in [0.15, 0.2) is 29.2 Å². The number of nitrogens with one attached hydrogen (secondary N) is 1. The monoisotopic (exact) mass is 372 g/mol. The molecule has 9 nitrogen and oxygen atoms in total. The van der Waals surface area contributed by atoms with Crippen LogP contribution in [0.3, 0.4) is 0 Å². The van der Waals surface area contributed by atoms with E-state index < -0.39 is 16.1 Å². The van der Waals surface area contributed by atoms with Gasteiger partial charge in [0.2, 0.25) is 4.77 Å². The summed E-state index contributed by atoms with van der Waals surface area (Å²) in [6.45, 7) is 2.06. The highest BCUT2D eigenvalue weighted by Gasteiger charge is 2.24. The molecule has 1 aromatic carbocycles. The first-order chi connectivity index (χ1) is 11.3. The maximum atomic E-state index is 12.4. The number of ether oxygens (including phenoxy) is 2. The molecule has 0 unspecified atom stereocenters. The maximum Gasteiger partial charge on any atom is 0.358 e. The molecule has 0 bridgehead atoms. The molecule has 0 aliphatic carbocycles. The molecular weight excluding hydrogens is 356 g/mol. The van der Waals surface area contributed by atoms with Gasteiger partial charge in [-0.2, -0.15) is 0 Å². The van der Waals surface area contributed by atoms with Crippen molar-refractivity contribution in [3.05, 3.63) is 29.0 Å². The second-order valence-corrected chi connectivity index (χ2v) is 6.55. The first-order valence-electron chi connectivity index (χ1n) is 6.80. The Morgan fingerprint density at radius 3 is 2.67 bits per heavy atom. The van der Waals surface area contributed by atoms with Gasteiger partial charge in [0, 0.05) is 7.05 Å². The van der Waals surface area contributed by atoms with Crippen LogP contribution in [0.1, 0.15) is 6.92 Å². The van der Waals surface area contributed by atoms with E-state index >= 15 is 0 Å². The van der Waals surface area contributed by atoms with Crippen LogP contribution < -0.4 is 14.2 Å². The van der Waals surface area contributed by atoms with Crippen LogP contribution in [0, 0.1) is 4.77 Å². The molecule has 0 fully saturated rings. The normalized spacial score (nSPS) is 11.1. The van der Waals surface area contributed by atoms with Gasteiger partial charge in [-0.1, -0.05) is 12.1 Å². The van der Waals surface area contributed by atoms with Crippen LogP contribution in [-0.2, 0) is 17.1 Å². The fraction of sp³-hybridized carbons (Fsp3) is 0.308. The molecule has 1 aromatic heterocycles. The van der Waals surface area contributed by atoms with Crippen molar-refractivity contribution in [3.8, 4) is 11.8 Å². The second kappa shape index (κ2) is 7.01. The van der Waals surface area contributed by atoms with Gasteiger partial charge < -0.3 is 9.47 Å². The van der Waals surface area contributed by atoms with Crippen LogP contribution in [0.2, 0.25) is 0 Å². The van der Waals surface area contributed by atoms with Gasteiger partial charge in [0.15, 0.2) is 0 Å². The average molecular weight is 372 g/mol. The first-order valence-corrected chi connectivity index (χ1v) is 8.70. The number of hydrogen-bond donors (Lipinski definition) is 1. The van der Waals surface area contributed by atoms with Gasteiger partial charge in [-0.25, -0.2) is 17.9 Å². The lowest BCUT2D eigenvalue weighted by Crippen LogP contribution is -2.35. The predicted octanol–water partition coefficient (Wildman–Crippen LogP) is 1.30. The molecule has 24 heavy (non-hydrogen) atoms. The number of amides is 1. The van der Waals surface area contributed by atoms with Crippen molar-refractivity contribution < 1.29 is 22.7 Å². The number of hydrogen-bond acceptors (Lipinski definition) is 7. The van der Waals surface area contributed by atoms with Crippen molar-refractivity contribution in [1.29, 1.82) is 0 Å². The molecule has 1 N–H and O–H groups in total. The summed E-state index contributed by atoms with van der Waals surface area (Å²) in [6, 6.07) is 5.00. The Morgan fingerprint density at radius 2 is 2.04 bits per heavy atom. The fourth-order valence-electron chi connectivity index (χ4n) is 1.86. The van der Waals surface area contributed by atoms with E-state index in [0.717, 1.165) is 4.68 Å². The van der Waals surface area contributed by atoms with E-state index in [1.807, 2.05) is 4.72 Å². The molecule has 0 saturated heterocycles. The van der Waals surface area contributed by atoms with Crippen LogP contribution in [0.5, 0.6) is 11.8 Å². The number of sulfonamides is 1. The van der Waals surface area contributed by atoms with E-state index in [1.54, 1.807) is 20.0 Å². The van der Waals surface area contributed by atoms with Crippen LogP contribution >= 0.6 is 12.2 Å². The lowest BCUT2D eigenvalue weighted by atomic mass is 10.3. The van der Waals surface area contributed by atoms with Crippen molar-refractivity contribution in [2.45, 2.75) is 11.8 Å². The molecule has 2 rings (SSSR count). The summed E-state index contributed by atoms with van der Waals surface area (Å²) in [6.07, 6.45) is 0. The Labute approximate surface area is 143 Å². The molecule has 11 heteroatoms. The molecule has 1 heterocycles. The minimum atomic E-state index is -4.16. The molecule has 0 radical (unpaired) electrons. The third-order valence-electron chi connectivity index (χ3n) is 2.99. The maximum absolute atomic E-state index is 12.4. The topological polar surface area (TPSA) is 104 Å². The quantitative estimate of drug-likeness (QED) is 0.789. The predicted molar refractivity (Wildman–Crippen MR) is 87.3 cm³/mol. The Bertz CT molecular complexity index is 917. The summed E-state index contributed by atoms with van der Waals surface area (Å²) in [5.74, 6) is 0.109. The second-order valence-electron chi connectivity index (χ2n) is 4.53. The number of aromatic nitrogens is 3. The molecule has 2 aromatic rings. The van der Waals surface area contributed by atoms with Crippen LogP contribution in [0.25, 0.3) is 0 Å².